The van der Waals surface area contributed by atoms with Gasteiger partial charge in [0.15, 0.2) is 5.82 Å². The van der Waals surface area contributed by atoms with Crippen LogP contribution < -0.4 is 5.56 Å². The van der Waals surface area contributed by atoms with E-state index in [0.29, 0.717) is 10.9 Å². The summed E-state index contributed by atoms with van der Waals surface area (Å²) in [6.07, 6.45) is -3.35. The van der Waals surface area contributed by atoms with Crippen LogP contribution in [0.3, 0.4) is 0 Å². The Balaban J connectivity index is 2.70. The van der Waals surface area contributed by atoms with Gasteiger partial charge < -0.3 is 0 Å². The zero-order valence-electron chi connectivity index (χ0n) is 12.7. The molecule has 0 fully saturated rings. The summed E-state index contributed by atoms with van der Waals surface area (Å²) < 4.78 is 53.1. The van der Waals surface area contributed by atoms with Gasteiger partial charge in [0.25, 0.3) is 10.8 Å². The highest BCUT2D eigenvalue weighted by atomic mass is 35.5. The molecule has 0 aliphatic carbocycles. The van der Waals surface area contributed by atoms with Gasteiger partial charge in [0.2, 0.25) is 0 Å². The van der Waals surface area contributed by atoms with Crippen LogP contribution in [0.1, 0.15) is 16.7 Å². The molecule has 0 saturated heterocycles. The van der Waals surface area contributed by atoms with Crippen LogP contribution in [-0.4, -0.2) is 15.0 Å². The molecule has 0 radical (unpaired) electrons. The standard InChI is InChI=1S/C15H7Cl3F4N2O2/c1-6-8(15(20,21)22)5-23-24(14(6)26)12-3-7(2-10(17)13(18)25)9(16)4-11(12)19/h2-5H,1H3. The topological polar surface area (TPSA) is 52.0 Å². The molecule has 0 bridgehead atoms. The number of benzene rings is 1. The highest BCUT2D eigenvalue weighted by Gasteiger charge is 2.34. The Kier molecular flexibility index (Phi) is 5.79. The maximum absolute atomic E-state index is 14.2. The van der Waals surface area contributed by atoms with Gasteiger partial charge in [-0.3, -0.25) is 9.59 Å². The maximum atomic E-state index is 14.2. The number of alkyl halides is 3. The summed E-state index contributed by atoms with van der Waals surface area (Å²) in [6.45, 7) is 0.945. The second kappa shape index (κ2) is 7.38. The van der Waals surface area contributed by atoms with Gasteiger partial charge in [-0.05, 0) is 42.3 Å². The number of hydrogen-bond acceptors (Lipinski definition) is 3. The lowest BCUT2D eigenvalue weighted by atomic mass is 10.1. The molecular weight excluding hydrogens is 423 g/mol. The molecule has 26 heavy (non-hydrogen) atoms. The Morgan fingerprint density at radius 1 is 1.27 bits per heavy atom. The Morgan fingerprint density at radius 3 is 2.42 bits per heavy atom. The van der Waals surface area contributed by atoms with Crippen LogP contribution in [0.4, 0.5) is 17.6 Å². The summed E-state index contributed by atoms with van der Waals surface area (Å²) in [7, 11) is 0. The molecule has 11 heteroatoms. The van der Waals surface area contributed by atoms with E-state index in [1.54, 1.807) is 0 Å². The number of carbonyl (C=O) groups is 1. The highest BCUT2D eigenvalue weighted by molar-refractivity contribution is 6.74. The molecule has 1 heterocycles. The zero-order valence-corrected chi connectivity index (χ0v) is 14.9. The van der Waals surface area contributed by atoms with Gasteiger partial charge in [-0.2, -0.15) is 23.0 Å². The van der Waals surface area contributed by atoms with E-state index in [-0.39, 0.29) is 10.6 Å². The average molecular weight is 430 g/mol. The maximum Gasteiger partial charge on any atom is 0.418 e. The third kappa shape index (κ3) is 4.08. The Labute approximate surface area is 158 Å². The van der Waals surface area contributed by atoms with Crippen molar-refractivity contribution in [1.82, 2.24) is 9.78 Å². The van der Waals surface area contributed by atoms with E-state index in [0.717, 1.165) is 25.1 Å². The first kappa shape index (κ1) is 20.4. The molecule has 4 nitrogen and oxygen atoms in total. The molecule has 0 amide bonds. The molecular formula is C15H7Cl3F4N2O2. The molecule has 0 unspecified atom stereocenters. The molecule has 1 aromatic heterocycles. The van der Waals surface area contributed by atoms with Crippen molar-refractivity contribution in [3.05, 3.63) is 61.2 Å². The summed E-state index contributed by atoms with van der Waals surface area (Å²) >= 11 is 16.6. The lowest BCUT2D eigenvalue weighted by Crippen LogP contribution is -2.28. The number of halogens is 7. The molecule has 2 aromatic rings. The molecule has 138 valence electrons. The second-order valence-electron chi connectivity index (χ2n) is 4.99. The van der Waals surface area contributed by atoms with E-state index in [1.165, 1.54) is 0 Å². The van der Waals surface area contributed by atoms with Crippen molar-refractivity contribution in [3.8, 4) is 5.69 Å². The lowest BCUT2D eigenvalue weighted by Gasteiger charge is -2.13. The molecule has 0 atom stereocenters. The van der Waals surface area contributed by atoms with Crippen molar-refractivity contribution >= 4 is 46.1 Å². The Bertz CT molecular complexity index is 984. The number of rotatable bonds is 3. The van der Waals surface area contributed by atoms with Crippen LogP contribution in [0.15, 0.2) is 28.2 Å². The number of nitrogens with zero attached hydrogens (tertiary/aromatic N) is 2. The van der Waals surface area contributed by atoms with Gasteiger partial charge >= 0.3 is 6.18 Å². The van der Waals surface area contributed by atoms with Gasteiger partial charge in [0, 0.05) is 5.56 Å². The second-order valence-corrected chi connectivity index (χ2v) is 6.15. The summed E-state index contributed by atoms with van der Waals surface area (Å²) in [6, 6.07) is 1.80. The van der Waals surface area contributed by atoms with Crippen LogP contribution in [0.5, 0.6) is 0 Å². The predicted octanol–water partition coefficient (Wildman–Crippen LogP) is 4.70. The molecule has 0 aliphatic heterocycles. The monoisotopic (exact) mass is 428 g/mol. The van der Waals surface area contributed by atoms with Gasteiger partial charge in [-0.1, -0.05) is 23.2 Å². The molecule has 2 rings (SSSR count). The van der Waals surface area contributed by atoms with E-state index >= 15 is 0 Å². The van der Waals surface area contributed by atoms with Gasteiger partial charge in [-0.15, -0.1) is 0 Å². The first-order valence-electron chi connectivity index (χ1n) is 6.66. The fraction of sp³-hybridized carbons (Fsp3) is 0.133. The van der Waals surface area contributed by atoms with Gasteiger partial charge in [0.1, 0.15) is 10.7 Å². The number of allylic oxidation sites excluding steroid dienone is 1. The summed E-state index contributed by atoms with van der Waals surface area (Å²) in [5, 5.41) is 1.77. The van der Waals surface area contributed by atoms with Crippen molar-refractivity contribution in [1.29, 1.82) is 0 Å². The van der Waals surface area contributed by atoms with Crippen molar-refractivity contribution < 1.29 is 22.4 Å². The molecule has 0 spiro atoms. The van der Waals surface area contributed by atoms with Crippen molar-refractivity contribution in [2.75, 3.05) is 0 Å². The minimum absolute atomic E-state index is 0.00770. The highest BCUT2D eigenvalue weighted by Crippen LogP contribution is 2.30. The largest absolute Gasteiger partial charge is 0.418 e. The van der Waals surface area contributed by atoms with E-state index in [4.69, 9.17) is 34.8 Å². The minimum atomic E-state index is -4.78. The summed E-state index contributed by atoms with van der Waals surface area (Å²) in [5.74, 6) is -1.02. The third-order valence-corrected chi connectivity index (χ3v) is 4.20. The fourth-order valence-electron chi connectivity index (χ4n) is 2.02. The van der Waals surface area contributed by atoms with Crippen molar-refractivity contribution in [2.45, 2.75) is 13.1 Å². The fourth-order valence-corrected chi connectivity index (χ4v) is 2.39. The SMILES string of the molecule is Cc1c(C(F)(F)F)cnn(-c2cc(C=C(Cl)C(=O)Cl)c(Cl)cc2F)c1=O. The van der Waals surface area contributed by atoms with Crippen LogP contribution in [-0.2, 0) is 11.0 Å². The first-order chi connectivity index (χ1) is 11.9. The van der Waals surface area contributed by atoms with E-state index in [2.05, 4.69) is 5.10 Å². The summed E-state index contributed by atoms with van der Waals surface area (Å²) in [5.41, 5.74) is -3.53. The Morgan fingerprint density at radius 2 is 1.88 bits per heavy atom. The Hall–Kier alpha value is -1.90. The van der Waals surface area contributed by atoms with E-state index in [9.17, 15) is 27.2 Å². The smallest absolute Gasteiger partial charge is 0.275 e. The number of aromatic nitrogens is 2. The van der Waals surface area contributed by atoms with Gasteiger partial charge in [0.05, 0.1) is 16.8 Å². The number of hydrogen-bond donors (Lipinski definition) is 0. The van der Waals surface area contributed by atoms with Crippen molar-refractivity contribution in [2.24, 2.45) is 0 Å². The zero-order chi connectivity index (χ0) is 19.8. The third-order valence-electron chi connectivity index (χ3n) is 3.29. The number of carbonyl (C=O) groups excluding carboxylic acids is 1. The van der Waals surface area contributed by atoms with Crippen LogP contribution in [0.25, 0.3) is 11.8 Å². The molecule has 1 aromatic carbocycles. The average Bonchev–Trinajstić information content (AvgIpc) is 2.51. The van der Waals surface area contributed by atoms with E-state index in [1.807, 2.05) is 0 Å². The quantitative estimate of drug-likeness (QED) is 0.404. The minimum Gasteiger partial charge on any atom is -0.275 e. The molecule has 0 N–H and O–H groups in total. The summed E-state index contributed by atoms with van der Waals surface area (Å²) in [4.78, 5) is 23.2. The van der Waals surface area contributed by atoms with Crippen LogP contribution in [0.2, 0.25) is 5.02 Å². The van der Waals surface area contributed by atoms with Crippen molar-refractivity contribution in [3.63, 3.8) is 0 Å². The molecule has 0 aliphatic rings. The van der Waals surface area contributed by atoms with Crippen LogP contribution >= 0.6 is 34.8 Å². The molecule has 0 saturated carbocycles. The van der Waals surface area contributed by atoms with E-state index < -0.39 is 44.6 Å². The van der Waals surface area contributed by atoms with Crippen LogP contribution in [0, 0.1) is 12.7 Å². The van der Waals surface area contributed by atoms with Gasteiger partial charge in [-0.25, -0.2) is 4.39 Å². The lowest BCUT2D eigenvalue weighted by molar-refractivity contribution is -0.138. The normalized spacial score (nSPS) is 12.4. The first-order valence-corrected chi connectivity index (χ1v) is 7.79. The predicted molar refractivity (Wildman–Crippen MR) is 89.2 cm³/mol.